The number of aliphatic carboxylic acids is 1. The van der Waals surface area contributed by atoms with Gasteiger partial charge in [0.2, 0.25) is 0 Å². The minimum Gasteiger partial charge on any atom is -0.478 e. The van der Waals surface area contributed by atoms with E-state index in [0.29, 0.717) is 12.8 Å². The Balaban J connectivity index is 2.14. The topological polar surface area (TPSA) is 86.7 Å². The van der Waals surface area contributed by atoms with Crippen LogP contribution in [0.15, 0.2) is 12.2 Å². The summed E-state index contributed by atoms with van der Waals surface area (Å²) in [5.74, 6) is -1.49. The summed E-state index contributed by atoms with van der Waals surface area (Å²) in [5.41, 5.74) is -0.979. The molecule has 110 valence electrons. The third kappa shape index (κ3) is 2.69. The molecule has 20 heavy (non-hydrogen) atoms. The Bertz CT molecular complexity index is 450. The van der Waals surface area contributed by atoms with Crippen molar-refractivity contribution in [3.8, 4) is 0 Å². The molecule has 0 radical (unpaired) electrons. The number of hydrogen-bond acceptors (Lipinski definition) is 3. The lowest BCUT2D eigenvalue weighted by Gasteiger charge is -2.28. The second-order valence-electron chi connectivity index (χ2n) is 5.58. The molecule has 3 amide bonds. The molecule has 0 atom stereocenters. The number of carboxylic acid groups (broad SMARTS) is 1. The largest absolute Gasteiger partial charge is 0.478 e. The van der Waals surface area contributed by atoms with Gasteiger partial charge in [0.1, 0.15) is 5.54 Å². The number of nitrogens with one attached hydrogen (secondary N) is 1. The van der Waals surface area contributed by atoms with Gasteiger partial charge in [-0.05, 0) is 12.8 Å². The van der Waals surface area contributed by atoms with Gasteiger partial charge >= 0.3 is 12.0 Å². The third-order valence-electron chi connectivity index (χ3n) is 4.10. The fourth-order valence-electron chi connectivity index (χ4n) is 2.93. The van der Waals surface area contributed by atoms with Gasteiger partial charge in [-0.15, -0.1) is 0 Å². The smallest absolute Gasteiger partial charge is 0.332 e. The summed E-state index contributed by atoms with van der Waals surface area (Å²) in [7, 11) is 0. The molecule has 2 fully saturated rings. The molecule has 1 aliphatic carbocycles. The quantitative estimate of drug-likeness (QED) is 0.608. The molecule has 0 aromatic rings. The lowest BCUT2D eigenvalue weighted by molar-refractivity contribution is -0.133. The molecular weight excluding hydrogens is 260 g/mol. The lowest BCUT2D eigenvalue weighted by Crippen LogP contribution is -2.47. The Hall–Kier alpha value is -1.85. The Morgan fingerprint density at radius 2 is 1.75 bits per heavy atom. The van der Waals surface area contributed by atoms with E-state index < -0.39 is 17.5 Å². The number of imide groups is 1. The summed E-state index contributed by atoms with van der Waals surface area (Å²) in [5, 5.41) is 11.6. The van der Waals surface area contributed by atoms with E-state index in [9.17, 15) is 14.4 Å². The number of amides is 3. The number of carbonyl (C=O) groups is 3. The van der Waals surface area contributed by atoms with Crippen LogP contribution in [0.5, 0.6) is 0 Å². The van der Waals surface area contributed by atoms with E-state index in [1.165, 1.54) is 0 Å². The maximum Gasteiger partial charge on any atom is 0.332 e. The summed E-state index contributed by atoms with van der Waals surface area (Å²) >= 11 is 0. The molecule has 0 aromatic heterocycles. The summed E-state index contributed by atoms with van der Waals surface area (Å²) < 4.78 is 0. The number of nitrogens with zero attached hydrogens (tertiary/aromatic N) is 1. The molecule has 6 nitrogen and oxygen atoms in total. The van der Waals surface area contributed by atoms with Gasteiger partial charge in [-0.3, -0.25) is 9.69 Å². The van der Waals surface area contributed by atoms with E-state index in [1.807, 2.05) is 0 Å². The predicted octanol–water partition coefficient (Wildman–Crippen LogP) is 1.66. The van der Waals surface area contributed by atoms with Crippen LogP contribution in [0.2, 0.25) is 0 Å². The molecule has 1 spiro atoms. The van der Waals surface area contributed by atoms with Crippen LogP contribution in [-0.2, 0) is 9.59 Å². The maximum atomic E-state index is 12.5. The Labute approximate surface area is 117 Å². The summed E-state index contributed by atoms with van der Waals surface area (Å²) in [6, 6.07) is -0.502. The van der Waals surface area contributed by atoms with Gasteiger partial charge in [-0.2, -0.15) is 0 Å². The van der Waals surface area contributed by atoms with Crippen molar-refractivity contribution in [3.05, 3.63) is 12.2 Å². The van der Waals surface area contributed by atoms with Gasteiger partial charge in [0.25, 0.3) is 5.91 Å². The summed E-state index contributed by atoms with van der Waals surface area (Å²) in [4.78, 5) is 36.3. The van der Waals surface area contributed by atoms with Crippen LogP contribution in [-0.4, -0.2) is 40.0 Å². The SMILES string of the molecule is C=C(CN1C(=O)NC2(CCCCCCC2)C1=O)C(=O)O. The van der Waals surface area contributed by atoms with Gasteiger partial charge in [0.15, 0.2) is 0 Å². The van der Waals surface area contributed by atoms with E-state index in [-0.39, 0.29) is 18.0 Å². The highest BCUT2D eigenvalue weighted by Gasteiger charge is 2.50. The summed E-state index contributed by atoms with van der Waals surface area (Å²) in [6.45, 7) is 3.13. The van der Waals surface area contributed by atoms with Gasteiger partial charge in [0, 0.05) is 5.57 Å². The molecule has 2 aliphatic rings. The molecule has 1 saturated heterocycles. The highest BCUT2D eigenvalue weighted by molar-refractivity contribution is 6.07. The van der Waals surface area contributed by atoms with Gasteiger partial charge < -0.3 is 10.4 Å². The van der Waals surface area contributed by atoms with Crippen molar-refractivity contribution in [1.29, 1.82) is 0 Å². The number of hydrogen-bond donors (Lipinski definition) is 2. The minimum absolute atomic E-state index is 0.156. The molecule has 2 N–H and O–H groups in total. The number of carbonyl (C=O) groups excluding carboxylic acids is 2. The highest BCUT2D eigenvalue weighted by atomic mass is 16.4. The molecule has 0 bridgehead atoms. The van der Waals surface area contributed by atoms with E-state index in [0.717, 1.165) is 37.0 Å². The van der Waals surface area contributed by atoms with Crippen molar-refractivity contribution < 1.29 is 19.5 Å². The Morgan fingerprint density at radius 3 is 2.30 bits per heavy atom. The summed E-state index contributed by atoms with van der Waals surface area (Å²) in [6.07, 6.45) is 6.36. The zero-order valence-electron chi connectivity index (χ0n) is 11.5. The molecule has 0 aromatic carbocycles. The van der Waals surface area contributed by atoms with Crippen LogP contribution < -0.4 is 5.32 Å². The van der Waals surface area contributed by atoms with Crippen LogP contribution in [0.4, 0.5) is 4.79 Å². The monoisotopic (exact) mass is 280 g/mol. The number of rotatable bonds is 3. The normalized spacial score (nSPS) is 22.3. The molecule has 1 aliphatic heterocycles. The molecule has 1 saturated carbocycles. The average Bonchev–Trinajstić information content (AvgIpc) is 2.59. The van der Waals surface area contributed by atoms with Crippen LogP contribution in [0.25, 0.3) is 0 Å². The molecule has 2 rings (SSSR count). The first-order valence-corrected chi connectivity index (χ1v) is 7.01. The predicted molar refractivity (Wildman–Crippen MR) is 72.1 cm³/mol. The average molecular weight is 280 g/mol. The van der Waals surface area contributed by atoms with E-state index in [1.54, 1.807) is 0 Å². The van der Waals surface area contributed by atoms with Gasteiger partial charge in [0.05, 0.1) is 6.54 Å². The van der Waals surface area contributed by atoms with Crippen LogP contribution >= 0.6 is 0 Å². The standard InChI is InChI=1S/C14H20N2O4/c1-10(11(17)18)9-16-12(19)14(15-13(16)20)7-5-3-2-4-6-8-14/h1-9H2,(H,15,20)(H,17,18). The first kappa shape index (κ1) is 14.6. The fourth-order valence-corrected chi connectivity index (χ4v) is 2.93. The lowest BCUT2D eigenvalue weighted by atomic mass is 9.84. The van der Waals surface area contributed by atoms with Crippen molar-refractivity contribution in [1.82, 2.24) is 10.2 Å². The van der Waals surface area contributed by atoms with Gasteiger partial charge in [-0.1, -0.05) is 38.7 Å². The zero-order chi connectivity index (χ0) is 14.8. The van der Waals surface area contributed by atoms with Crippen molar-refractivity contribution in [2.75, 3.05) is 6.54 Å². The van der Waals surface area contributed by atoms with Gasteiger partial charge in [-0.25, -0.2) is 9.59 Å². The van der Waals surface area contributed by atoms with Crippen LogP contribution in [0, 0.1) is 0 Å². The van der Waals surface area contributed by atoms with Crippen molar-refractivity contribution in [3.63, 3.8) is 0 Å². The highest BCUT2D eigenvalue weighted by Crippen LogP contribution is 2.32. The van der Waals surface area contributed by atoms with Crippen LogP contribution in [0.3, 0.4) is 0 Å². The Morgan fingerprint density at radius 1 is 1.20 bits per heavy atom. The first-order valence-electron chi connectivity index (χ1n) is 7.01. The van der Waals surface area contributed by atoms with Crippen molar-refractivity contribution in [2.45, 2.75) is 50.5 Å². The number of carboxylic acids is 1. The second kappa shape index (κ2) is 5.64. The van der Waals surface area contributed by atoms with E-state index in [2.05, 4.69) is 11.9 Å². The zero-order valence-corrected chi connectivity index (χ0v) is 11.5. The molecule has 1 heterocycles. The molecular formula is C14H20N2O4. The maximum absolute atomic E-state index is 12.5. The van der Waals surface area contributed by atoms with Crippen molar-refractivity contribution >= 4 is 17.9 Å². The van der Waals surface area contributed by atoms with Crippen LogP contribution in [0.1, 0.15) is 44.9 Å². The third-order valence-corrected chi connectivity index (χ3v) is 4.10. The molecule has 0 unspecified atom stereocenters. The Kier molecular flexibility index (Phi) is 4.11. The van der Waals surface area contributed by atoms with E-state index >= 15 is 0 Å². The second-order valence-corrected chi connectivity index (χ2v) is 5.58. The van der Waals surface area contributed by atoms with Crippen molar-refractivity contribution in [2.24, 2.45) is 0 Å². The van der Waals surface area contributed by atoms with E-state index in [4.69, 9.17) is 5.11 Å². The molecule has 6 heteroatoms. The number of urea groups is 1. The minimum atomic E-state index is -1.19. The first-order chi connectivity index (χ1) is 9.46. The fraction of sp³-hybridized carbons (Fsp3) is 0.643.